The molecule has 41 heavy (non-hydrogen) atoms. The quantitative estimate of drug-likeness (QED) is 0.445. The van der Waals surface area contributed by atoms with E-state index in [2.05, 4.69) is 10.4 Å². The summed E-state index contributed by atoms with van der Waals surface area (Å²) in [6.07, 6.45) is 0.591. The van der Waals surface area contributed by atoms with Gasteiger partial charge in [-0.2, -0.15) is 5.10 Å². The molecule has 0 spiro atoms. The summed E-state index contributed by atoms with van der Waals surface area (Å²) in [5, 5.41) is 8.01. The molecule has 3 aromatic rings. The third kappa shape index (κ3) is 7.40. The van der Waals surface area contributed by atoms with Gasteiger partial charge in [0, 0.05) is 31.0 Å². The zero-order chi connectivity index (χ0) is 29.9. The van der Waals surface area contributed by atoms with Gasteiger partial charge in [-0.05, 0) is 69.9 Å². The zero-order valence-corrected chi connectivity index (χ0v) is 24.1. The minimum atomic E-state index is -1.18. The van der Waals surface area contributed by atoms with Crippen LogP contribution in [0.5, 0.6) is 0 Å². The van der Waals surface area contributed by atoms with E-state index in [0.717, 1.165) is 16.5 Å². The average molecular weight is 568 g/mol. The number of primary amides is 1. The molecule has 11 heteroatoms. The van der Waals surface area contributed by atoms with Gasteiger partial charge in [0.1, 0.15) is 17.5 Å². The number of rotatable bonds is 7. The SMILES string of the molecule is CC(C)n1ncc2ccc(-c3ccc(C[C@H](NC(=O)[C@@H]4CN(C(=O)OC(C)(C)C)CCCO4)C(N)=O)c(F)c3)cc21. The molecule has 0 unspecified atom stereocenters. The van der Waals surface area contributed by atoms with Crippen molar-refractivity contribution in [2.75, 3.05) is 19.7 Å². The van der Waals surface area contributed by atoms with Crippen LogP contribution in [-0.4, -0.2) is 70.0 Å². The van der Waals surface area contributed by atoms with Crippen LogP contribution >= 0.6 is 0 Å². The lowest BCUT2D eigenvalue weighted by molar-refractivity contribution is -0.136. The highest BCUT2D eigenvalue weighted by Gasteiger charge is 2.32. The van der Waals surface area contributed by atoms with Gasteiger partial charge in [0.25, 0.3) is 5.91 Å². The third-order valence-electron chi connectivity index (χ3n) is 6.78. The summed E-state index contributed by atoms with van der Waals surface area (Å²) in [5.74, 6) is -1.95. The first-order chi connectivity index (χ1) is 19.3. The Morgan fingerprint density at radius 2 is 1.88 bits per heavy atom. The Hall–Kier alpha value is -3.99. The summed E-state index contributed by atoms with van der Waals surface area (Å²) in [4.78, 5) is 39.3. The Morgan fingerprint density at radius 3 is 2.54 bits per heavy atom. The number of nitrogens with one attached hydrogen (secondary N) is 1. The Labute approximate surface area is 239 Å². The molecule has 220 valence electrons. The Morgan fingerprint density at radius 1 is 1.17 bits per heavy atom. The molecule has 3 N–H and O–H groups in total. The van der Waals surface area contributed by atoms with Crippen LogP contribution in [0.1, 0.15) is 52.6 Å². The highest BCUT2D eigenvalue weighted by atomic mass is 19.1. The predicted octanol–water partition coefficient (Wildman–Crippen LogP) is 3.96. The monoisotopic (exact) mass is 567 g/mol. The number of aromatic nitrogens is 2. The van der Waals surface area contributed by atoms with Gasteiger partial charge in [0.15, 0.2) is 6.10 Å². The maximum Gasteiger partial charge on any atom is 0.410 e. The van der Waals surface area contributed by atoms with Crippen molar-refractivity contribution in [2.45, 2.75) is 71.2 Å². The first-order valence-corrected chi connectivity index (χ1v) is 13.8. The summed E-state index contributed by atoms with van der Waals surface area (Å²) in [5.41, 5.74) is 7.55. The molecular weight excluding hydrogens is 529 g/mol. The van der Waals surface area contributed by atoms with Crippen molar-refractivity contribution >= 4 is 28.8 Å². The molecule has 1 aromatic heterocycles. The molecule has 0 aliphatic carbocycles. The van der Waals surface area contributed by atoms with E-state index in [4.69, 9.17) is 15.2 Å². The Balaban J connectivity index is 1.46. The van der Waals surface area contributed by atoms with E-state index in [-0.39, 0.29) is 31.2 Å². The average Bonchev–Trinajstić information content (AvgIpc) is 3.16. The van der Waals surface area contributed by atoms with Crippen molar-refractivity contribution in [1.82, 2.24) is 20.0 Å². The van der Waals surface area contributed by atoms with Gasteiger partial charge >= 0.3 is 6.09 Å². The third-order valence-corrected chi connectivity index (χ3v) is 6.78. The molecular formula is C30H38FN5O5. The molecule has 2 aromatic carbocycles. The number of nitrogens with two attached hydrogens (primary N) is 1. The molecule has 2 heterocycles. The van der Waals surface area contributed by atoms with Crippen molar-refractivity contribution in [3.63, 3.8) is 0 Å². The van der Waals surface area contributed by atoms with Crippen LogP contribution in [-0.2, 0) is 25.5 Å². The second-order valence-corrected chi connectivity index (χ2v) is 11.6. The number of amides is 3. The second-order valence-electron chi connectivity index (χ2n) is 11.6. The number of carbonyl (C=O) groups excluding carboxylic acids is 3. The molecule has 1 aliphatic heterocycles. The van der Waals surface area contributed by atoms with Gasteiger partial charge < -0.3 is 25.4 Å². The van der Waals surface area contributed by atoms with Gasteiger partial charge in [-0.25, -0.2) is 9.18 Å². The summed E-state index contributed by atoms with van der Waals surface area (Å²) in [6, 6.07) is 9.57. The topological polar surface area (TPSA) is 129 Å². The standard InChI is InChI=1S/C30H38FN5O5/c1-18(2)36-25-15-20(8-10-22(25)16-33-36)19-7-9-21(23(31)13-19)14-24(27(32)37)34-28(38)26-17-35(11-6-12-40-26)29(39)41-30(3,4)5/h7-10,13,15-16,18,24,26H,6,11-12,14,17H2,1-5H3,(H2,32,37)(H,34,38)/t24-,26-/m0/s1. The number of hydrogen-bond donors (Lipinski definition) is 2. The predicted molar refractivity (Wildman–Crippen MR) is 153 cm³/mol. The fourth-order valence-electron chi connectivity index (χ4n) is 4.70. The molecule has 0 saturated carbocycles. The molecule has 2 atom stereocenters. The molecule has 0 bridgehead atoms. The maximum atomic E-state index is 15.3. The molecule has 1 fully saturated rings. The molecule has 3 amide bonds. The lowest BCUT2D eigenvalue weighted by atomic mass is 9.99. The van der Waals surface area contributed by atoms with Crippen LogP contribution in [0.3, 0.4) is 0 Å². The smallest absolute Gasteiger partial charge is 0.410 e. The van der Waals surface area contributed by atoms with E-state index in [9.17, 15) is 14.4 Å². The summed E-state index contributed by atoms with van der Waals surface area (Å²) in [7, 11) is 0. The van der Waals surface area contributed by atoms with Gasteiger partial charge in [-0.1, -0.05) is 24.3 Å². The Kier molecular flexibility index (Phi) is 8.96. The van der Waals surface area contributed by atoms with Crippen molar-refractivity contribution in [3.05, 3.63) is 54.0 Å². The molecule has 0 radical (unpaired) electrons. The van der Waals surface area contributed by atoms with Crippen molar-refractivity contribution in [2.24, 2.45) is 5.73 Å². The largest absolute Gasteiger partial charge is 0.444 e. The fraction of sp³-hybridized carbons (Fsp3) is 0.467. The lowest BCUT2D eigenvalue weighted by Crippen LogP contribution is -2.52. The molecule has 1 saturated heterocycles. The van der Waals surface area contributed by atoms with Gasteiger partial charge in [-0.15, -0.1) is 0 Å². The molecule has 4 rings (SSSR count). The first-order valence-electron chi connectivity index (χ1n) is 13.8. The van der Waals surface area contributed by atoms with Crippen LogP contribution in [0.25, 0.3) is 22.0 Å². The number of fused-ring (bicyclic) bond motifs is 1. The van der Waals surface area contributed by atoms with E-state index in [1.54, 1.807) is 39.1 Å². The normalized spacial score (nSPS) is 16.9. The highest BCUT2D eigenvalue weighted by molar-refractivity contribution is 5.89. The number of ether oxygens (including phenoxy) is 2. The van der Waals surface area contributed by atoms with Gasteiger partial charge in [-0.3, -0.25) is 14.3 Å². The molecule has 1 aliphatic rings. The second kappa shape index (κ2) is 12.3. The Bertz CT molecular complexity index is 1430. The highest BCUT2D eigenvalue weighted by Crippen LogP contribution is 2.27. The van der Waals surface area contributed by atoms with Gasteiger partial charge in [0.2, 0.25) is 5.91 Å². The van der Waals surface area contributed by atoms with Crippen LogP contribution in [0.15, 0.2) is 42.6 Å². The lowest BCUT2D eigenvalue weighted by Gasteiger charge is -2.28. The van der Waals surface area contributed by atoms with Crippen LogP contribution < -0.4 is 11.1 Å². The maximum absolute atomic E-state index is 15.3. The van der Waals surface area contributed by atoms with Crippen molar-refractivity contribution in [1.29, 1.82) is 0 Å². The van der Waals surface area contributed by atoms with Crippen LogP contribution in [0.2, 0.25) is 0 Å². The van der Waals surface area contributed by atoms with Crippen LogP contribution in [0, 0.1) is 5.82 Å². The van der Waals surface area contributed by atoms with Crippen molar-refractivity contribution < 1.29 is 28.2 Å². The fourth-order valence-corrected chi connectivity index (χ4v) is 4.70. The number of hydrogen-bond acceptors (Lipinski definition) is 6. The van der Waals surface area contributed by atoms with Gasteiger partial charge in [0.05, 0.1) is 18.3 Å². The number of halogens is 1. The van der Waals surface area contributed by atoms with E-state index in [0.29, 0.717) is 18.5 Å². The molecule has 10 nitrogen and oxygen atoms in total. The zero-order valence-electron chi connectivity index (χ0n) is 24.1. The number of nitrogens with zero attached hydrogens (tertiary/aromatic N) is 3. The minimum Gasteiger partial charge on any atom is -0.444 e. The van der Waals surface area contributed by atoms with E-state index in [1.165, 1.54) is 11.0 Å². The van der Waals surface area contributed by atoms with Crippen molar-refractivity contribution in [3.8, 4) is 11.1 Å². The minimum absolute atomic E-state index is 0.0463. The first kappa shape index (κ1) is 30.0. The number of carbonyl (C=O) groups is 3. The summed E-state index contributed by atoms with van der Waals surface area (Å²) < 4.78 is 28.3. The van der Waals surface area contributed by atoms with Crippen LogP contribution in [0.4, 0.5) is 9.18 Å². The van der Waals surface area contributed by atoms with E-state index in [1.807, 2.05) is 36.7 Å². The number of benzene rings is 2. The summed E-state index contributed by atoms with van der Waals surface area (Å²) in [6.45, 7) is 9.92. The summed E-state index contributed by atoms with van der Waals surface area (Å²) >= 11 is 0. The van der Waals surface area contributed by atoms with E-state index < -0.39 is 41.5 Å². The van der Waals surface area contributed by atoms with E-state index >= 15 is 4.39 Å².